The number of nitrogens with one attached hydrogen (secondary N) is 2. The largest absolute Gasteiger partial charge is 0.482 e. The van der Waals surface area contributed by atoms with Gasteiger partial charge in [-0.15, -0.1) is 0 Å². The van der Waals surface area contributed by atoms with Gasteiger partial charge in [0.2, 0.25) is 0 Å². The Balaban J connectivity index is 1.80. The van der Waals surface area contributed by atoms with Gasteiger partial charge in [-0.2, -0.15) is 0 Å². The first-order chi connectivity index (χ1) is 12.4. The summed E-state index contributed by atoms with van der Waals surface area (Å²) in [6.45, 7) is -0.144. The molecule has 1 unspecified atom stereocenters. The topological polar surface area (TPSA) is 105 Å². The lowest BCUT2D eigenvalue weighted by Gasteiger charge is -2.20. The minimum Gasteiger partial charge on any atom is -0.482 e. The third-order valence-electron chi connectivity index (χ3n) is 3.83. The van der Waals surface area contributed by atoms with Gasteiger partial charge in [0.05, 0.1) is 18.2 Å². The fourth-order valence-corrected chi connectivity index (χ4v) is 2.58. The molecule has 1 heterocycles. The molecular weight excluding hydrogens is 343 g/mol. The first-order valence-electron chi connectivity index (χ1n) is 7.77. The molecule has 0 aliphatic carbocycles. The normalized spacial score (nSPS) is 13.8. The van der Waals surface area contributed by atoms with Gasteiger partial charge >= 0.3 is 5.97 Å². The van der Waals surface area contributed by atoms with Crippen molar-refractivity contribution in [1.82, 2.24) is 5.32 Å². The Kier molecular flexibility index (Phi) is 4.83. The number of fused-ring (bicyclic) bond motifs is 1. The molecule has 1 atom stereocenters. The second kappa shape index (κ2) is 7.22. The van der Waals surface area contributed by atoms with Gasteiger partial charge in [-0.25, -0.2) is 4.39 Å². The molecule has 2 aromatic carbocycles. The van der Waals surface area contributed by atoms with Crippen LogP contribution in [0, 0.1) is 5.82 Å². The molecule has 2 aromatic rings. The van der Waals surface area contributed by atoms with E-state index in [9.17, 15) is 18.8 Å². The van der Waals surface area contributed by atoms with Gasteiger partial charge in [0.15, 0.2) is 6.61 Å². The van der Waals surface area contributed by atoms with E-state index in [0.717, 1.165) is 0 Å². The van der Waals surface area contributed by atoms with Crippen LogP contribution in [0.3, 0.4) is 0 Å². The Hall–Kier alpha value is -3.42. The molecule has 0 spiro atoms. The van der Waals surface area contributed by atoms with Gasteiger partial charge in [-0.1, -0.05) is 12.1 Å². The highest BCUT2D eigenvalue weighted by Crippen LogP contribution is 2.29. The smallest absolute Gasteiger partial charge is 0.305 e. The SMILES string of the molecule is O=C(O)CC(NC(=O)c1ccc2c(c1)OCC(=O)N2)c1ccc(F)cc1. The van der Waals surface area contributed by atoms with Crippen molar-refractivity contribution < 1.29 is 28.6 Å². The maximum atomic E-state index is 13.1. The van der Waals surface area contributed by atoms with Crippen LogP contribution in [0.4, 0.5) is 10.1 Å². The molecule has 0 bridgehead atoms. The monoisotopic (exact) mass is 358 g/mol. The van der Waals surface area contributed by atoms with Crippen LogP contribution in [0.25, 0.3) is 0 Å². The predicted molar refractivity (Wildman–Crippen MR) is 89.4 cm³/mol. The van der Waals surface area contributed by atoms with Gasteiger partial charge < -0.3 is 20.5 Å². The zero-order valence-corrected chi connectivity index (χ0v) is 13.5. The maximum absolute atomic E-state index is 13.1. The summed E-state index contributed by atoms with van der Waals surface area (Å²) in [5.74, 6) is -2.00. The molecule has 1 aliphatic rings. The first kappa shape index (κ1) is 17.4. The van der Waals surface area contributed by atoms with E-state index in [-0.39, 0.29) is 24.5 Å². The molecule has 8 heteroatoms. The summed E-state index contributed by atoms with van der Waals surface area (Å²) in [5.41, 5.74) is 1.18. The molecular formula is C18H15FN2O5. The summed E-state index contributed by atoms with van der Waals surface area (Å²) in [5, 5.41) is 14.3. The van der Waals surface area contributed by atoms with E-state index in [1.54, 1.807) is 0 Å². The summed E-state index contributed by atoms with van der Waals surface area (Å²) in [7, 11) is 0. The molecule has 7 nitrogen and oxygen atoms in total. The fraction of sp³-hybridized carbons (Fsp3) is 0.167. The van der Waals surface area contributed by atoms with Gasteiger partial charge in [0.1, 0.15) is 11.6 Å². The van der Waals surface area contributed by atoms with Gasteiger partial charge in [0, 0.05) is 5.56 Å². The van der Waals surface area contributed by atoms with Crippen molar-refractivity contribution in [2.45, 2.75) is 12.5 Å². The van der Waals surface area contributed by atoms with Crippen LogP contribution in [0.15, 0.2) is 42.5 Å². The molecule has 134 valence electrons. The van der Waals surface area contributed by atoms with Crippen molar-refractivity contribution in [2.24, 2.45) is 0 Å². The van der Waals surface area contributed by atoms with Gasteiger partial charge in [0.25, 0.3) is 11.8 Å². The highest BCUT2D eigenvalue weighted by atomic mass is 19.1. The van der Waals surface area contributed by atoms with Crippen LogP contribution in [0.2, 0.25) is 0 Å². The Morgan fingerprint density at radius 2 is 1.96 bits per heavy atom. The summed E-state index contributed by atoms with van der Waals surface area (Å²) < 4.78 is 18.3. The van der Waals surface area contributed by atoms with Crippen LogP contribution in [0.1, 0.15) is 28.4 Å². The zero-order chi connectivity index (χ0) is 18.7. The van der Waals surface area contributed by atoms with Gasteiger partial charge in [-0.05, 0) is 35.9 Å². The van der Waals surface area contributed by atoms with Crippen LogP contribution < -0.4 is 15.4 Å². The number of rotatable bonds is 5. The van der Waals surface area contributed by atoms with Crippen LogP contribution >= 0.6 is 0 Å². The molecule has 0 saturated heterocycles. The molecule has 0 radical (unpaired) electrons. The molecule has 0 saturated carbocycles. The molecule has 0 aromatic heterocycles. The molecule has 1 aliphatic heterocycles. The number of hydrogen-bond donors (Lipinski definition) is 3. The van der Waals surface area contributed by atoms with E-state index < -0.39 is 23.7 Å². The standard InChI is InChI=1S/C18H15FN2O5/c19-12-4-1-10(2-5-12)14(8-17(23)24)21-18(25)11-3-6-13-15(7-11)26-9-16(22)20-13/h1-7,14H,8-9H2,(H,20,22)(H,21,25)(H,23,24). The molecule has 26 heavy (non-hydrogen) atoms. The lowest BCUT2D eigenvalue weighted by molar-refractivity contribution is -0.137. The Labute approximate surface area is 147 Å². The van der Waals surface area contributed by atoms with E-state index >= 15 is 0 Å². The number of amides is 2. The summed E-state index contributed by atoms with van der Waals surface area (Å²) in [6, 6.07) is 8.92. The minimum absolute atomic E-state index is 0.144. The second-order valence-electron chi connectivity index (χ2n) is 5.72. The van der Waals surface area contributed by atoms with Crippen molar-refractivity contribution in [1.29, 1.82) is 0 Å². The van der Waals surface area contributed by atoms with E-state index in [1.807, 2.05) is 0 Å². The highest BCUT2D eigenvalue weighted by molar-refractivity contribution is 5.99. The van der Waals surface area contributed by atoms with Crippen LogP contribution in [0.5, 0.6) is 5.75 Å². The summed E-state index contributed by atoms with van der Waals surface area (Å²) >= 11 is 0. The van der Waals surface area contributed by atoms with Crippen molar-refractivity contribution in [2.75, 3.05) is 11.9 Å². The number of hydrogen-bond acceptors (Lipinski definition) is 4. The molecule has 2 amide bonds. The zero-order valence-electron chi connectivity index (χ0n) is 13.5. The number of halogens is 1. The quantitative estimate of drug-likeness (QED) is 0.759. The second-order valence-corrected chi connectivity index (χ2v) is 5.72. The van der Waals surface area contributed by atoms with Crippen LogP contribution in [-0.4, -0.2) is 29.5 Å². The highest BCUT2D eigenvalue weighted by Gasteiger charge is 2.21. The number of carboxylic acids is 1. The maximum Gasteiger partial charge on any atom is 0.305 e. The van der Waals surface area contributed by atoms with E-state index in [2.05, 4.69) is 10.6 Å². The fourth-order valence-electron chi connectivity index (χ4n) is 2.58. The Bertz CT molecular complexity index is 866. The lowest BCUT2D eigenvalue weighted by Crippen LogP contribution is -2.30. The first-order valence-corrected chi connectivity index (χ1v) is 7.77. The number of carbonyl (C=O) groups excluding carboxylic acids is 2. The lowest BCUT2D eigenvalue weighted by atomic mass is 10.0. The molecule has 3 rings (SSSR count). The van der Waals surface area contributed by atoms with Crippen molar-refractivity contribution in [3.8, 4) is 5.75 Å². The van der Waals surface area contributed by atoms with E-state index in [4.69, 9.17) is 9.84 Å². The number of anilines is 1. The van der Waals surface area contributed by atoms with Gasteiger partial charge in [-0.3, -0.25) is 14.4 Å². The molecule has 0 fully saturated rings. The average molecular weight is 358 g/mol. The minimum atomic E-state index is -1.10. The Morgan fingerprint density at radius 3 is 2.65 bits per heavy atom. The third kappa shape index (κ3) is 3.97. The van der Waals surface area contributed by atoms with E-state index in [0.29, 0.717) is 17.0 Å². The number of benzene rings is 2. The van der Waals surface area contributed by atoms with Crippen molar-refractivity contribution in [3.63, 3.8) is 0 Å². The van der Waals surface area contributed by atoms with Crippen LogP contribution in [-0.2, 0) is 9.59 Å². The summed E-state index contributed by atoms with van der Waals surface area (Å²) in [6.07, 6.45) is -0.352. The predicted octanol–water partition coefficient (Wildman–Crippen LogP) is 2.10. The summed E-state index contributed by atoms with van der Waals surface area (Å²) in [4.78, 5) is 34.9. The number of carbonyl (C=O) groups is 3. The average Bonchev–Trinajstić information content (AvgIpc) is 2.61. The third-order valence-corrected chi connectivity index (χ3v) is 3.83. The number of aliphatic carboxylic acids is 1. The number of carboxylic acid groups (broad SMARTS) is 1. The molecule has 3 N–H and O–H groups in total. The van der Waals surface area contributed by atoms with E-state index in [1.165, 1.54) is 42.5 Å². The van der Waals surface area contributed by atoms with Crippen molar-refractivity contribution in [3.05, 3.63) is 59.4 Å². The Morgan fingerprint density at radius 1 is 1.23 bits per heavy atom. The number of ether oxygens (including phenoxy) is 1. The van der Waals surface area contributed by atoms with Crippen molar-refractivity contribution >= 4 is 23.5 Å².